The molecular formula is C13H20N2O3. The molecule has 0 spiro atoms. The summed E-state index contributed by atoms with van der Waals surface area (Å²) in [5.41, 5.74) is 5.36. The quantitative estimate of drug-likeness (QED) is 0.675. The minimum Gasteiger partial charge on any atom is -0.493 e. The molecule has 18 heavy (non-hydrogen) atoms. The number of hydrogen-bond donors (Lipinski definition) is 2. The van der Waals surface area contributed by atoms with Crippen molar-refractivity contribution < 1.29 is 14.3 Å². The minimum atomic E-state index is 0.0265. The van der Waals surface area contributed by atoms with Crippen LogP contribution in [0.3, 0.4) is 0 Å². The van der Waals surface area contributed by atoms with Crippen molar-refractivity contribution in [3.8, 4) is 11.5 Å². The molecule has 0 bridgehead atoms. The highest BCUT2D eigenvalue weighted by Gasteiger charge is 2.00. The van der Waals surface area contributed by atoms with E-state index in [0.29, 0.717) is 32.6 Å². The average Bonchev–Trinajstić information content (AvgIpc) is 2.41. The van der Waals surface area contributed by atoms with Gasteiger partial charge in [0.05, 0.1) is 6.61 Å². The molecule has 0 saturated carbocycles. The van der Waals surface area contributed by atoms with E-state index in [1.54, 1.807) is 7.05 Å². The highest BCUT2D eigenvalue weighted by Crippen LogP contribution is 2.19. The fourth-order valence-corrected chi connectivity index (χ4v) is 1.38. The van der Waals surface area contributed by atoms with Gasteiger partial charge in [0.15, 0.2) is 0 Å². The molecule has 0 aliphatic heterocycles. The van der Waals surface area contributed by atoms with Crippen LogP contribution >= 0.6 is 0 Å². The standard InChI is InChI=1S/C13H20N2O3/c1-15-13(16)6-3-8-17-11-4-2-5-12(10-11)18-9-7-14/h2,4-5,10H,3,6-9,14H2,1H3,(H,15,16). The van der Waals surface area contributed by atoms with Gasteiger partial charge in [0.25, 0.3) is 0 Å². The molecule has 0 unspecified atom stereocenters. The van der Waals surface area contributed by atoms with Gasteiger partial charge in [-0.15, -0.1) is 0 Å². The number of carbonyl (C=O) groups is 1. The Kier molecular flexibility index (Phi) is 6.64. The fraction of sp³-hybridized carbons (Fsp3) is 0.462. The van der Waals surface area contributed by atoms with Gasteiger partial charge in [0.1, 0.15) is 18.1 Å². The molecule has 0 radical (unpaired) electrons. The molecule has 0 aromatic heterocycles. The number of benzene rings is 1. The summed E-state index contributed by atoms with van der Waals surface area (Å²) in [6.45, 7) is 1.48. The molecule has 1 amide bonds. The van der Waals surface area contributed by atoms with Crippen molar-refractivity contribution in [1.29, 1.82) is 0 Å². The van der Waals surface area contributed by atoms with Crippen molar-refractivity contribution >= 4 is 5.91 Å². The second kappa shape index (κ2) is 8.36. The summed E-state index contributed by atoms with van der Waals surface area (Å²) in [6.07, 6.45) is 1.16. The van der Waals surface area contributed by atoms with Crippen molar-refractivity contribution in [2.75, 3.05) is 26.8 Å². The molecule has 1 rings (SSSR count). The number of amides is 1. The molecule has 0 aliphatic rings. The number of nitrogens with one attached hydrogen (secondary N) is 1. The summed E-state index contributed by atoms with van der Waals surface area (Å²) in [5, 5.41) is 2.57. The topological polar surface area (TPSA) is 73.6 Å². The van der Waals surface area contributed by atoms with Crippen LogP contribution in [0.1, 0.15) is 12.8 Å². The third-order valence-corrected chi connectivity index (χ3v) is 2.29. The third kappa shape index (κ3) is 5.54. The molecule has 0 fully saturated rings. The number of ether oxygens (including phenoxy) is 2. The monoisotopic (exact) mass is 252 g/mol. The molecule has 0 heterocycles. The second-order valence-corrected chi connectivity index (χ2v) is 3.74. The van der Waals surface area contributed by atoms with Gasteiger partial charge in [-0.1, -0.05) is 6.07 Å². The lowest BCUT2D eigenvalue weighted by Crippen LogP contribution is -2.18. The van der Waals surface area contributed by atoms with Gasteiger partial charge < -0.3 is 20.5 Å². The largest absolute Gasteiger partial charge is 0.493 e. The van der Waals surface area contributed by atoms with Gasteiger partial charge in [0.2, 0.25) is 5.91 Å². The summed E-state index contributed by atoms with van der Waals surface area (Å²) >= 11 is 0. The Morgan fingerprint density at radius 1 is 1.28 bits per heavy atom. The first-order valence-electron chi connectivity index (χ1n) is 6.02. The van der Waals surface area contributed by atoms with Gasteiger partial charge in [-0.3, -0.25) is 4.79 Å². The lowest BCUT2D eigenvalue weighted by molar-refractivity contribution is -0.120. The number of rotatable bonds is 8. The zero-order chi connectivity index (χ0) is 13.2. The van der Waals surface area contributed by atoms with E-state index < -0.39 is 0 Å². The zero-order valence-electron chi connectivity index (χ0n) is 10.6. The summed E-state index contributed by atoms with van der Waals surface area (Å²) in [5.74, 6) is 1.50. The van der Waals surface area contributed by atoms with Gasteiger partial charge >= 0.3 is 0 Å². The normalized spacial score (nSPS) is 9.89. The Morgan fingerprint density at radius 3 is 2.56 bits per heavy atom. The maximum Gasteiger partial charge on any atom is 0.219 e. The third-order valence-electron chi connectivity index (χ3n) is 2.29. The summed E-state index contributed by atoms with van der Waals surface area (Å²) < 4.78 is 10.9. The molecule has 0 aliphatic carbocycles. The van der Waals surface area contributed by atoms with E-state index in [4.69, 9.17) is 15.2 Å². The predicted molar refractivity (Wildman–Crippen MR) is 69.8 cm³/mol. The summed E-state index contributed by atoms with van der Waals surface area (Å²) in [4.78, 5) is 11.0. The Balaban J connectivity index is 2.31. The van der Waals surface area contributed by atoms with E-state index in [0.717, 1.165) is 11.5 Å². The van der Waals surface area contributed by atoms with Crippen LogP contribution in [-0.2, 0) is 4.79 Å². The molecule has 3 N–H and O–H groups in total. The minimum absolute atomic E-state index is 0.0265. The molecule has 5 heteroatoms. The molecule has 0 saturated heterocycles. The van der Waals surface area contributed by atoms with Gasteiger partial charge in [-0.05, 0) is 18.6 Å². The van der Waals surface area contributed by atoms with Crippen molar-refractivity contribution in [3.63, 3.8) is 0 Å². The van der Waals surface area contributed by atoms with E-state index >= 15 is 0 Å². The van der Waals surface area contributed by atoms with Crippen LogP contribution < -0.4 is 20.5 Å². The molecule has 100 valence electrons. The van der Waals surface area contributed by atoms with Crippen LogP contribution in [0.4, 0.5) is 0 Å². The SMILES string of the molecule is CNC(=O)CCCOc1cccc(OCCN)c1. The lowest BCUT2D eigenvalue weighted by Gasteiger charge is -2.08. The first-order valence-corrected chi connectivity index (χ1v) is 6.02. The van der Waals surface area contributed by atoms with E-state index in [2.05, 4.69) is 5.32 Å². The Hall–Kier alpha value is -1.75. The van der Waals surface area contributed by atoms with E-state index in [-0.39, 0.29) is 5.91 Å². The van der Waals surface area contributed by atoms with Crippen LogP contribution in [0.25, 0.3) is 0 Å². The van der Waals surface area contributed by atoms with Crippen LogP contribution in [0.5, 0.6) is 11.5 Å². The van der Waals surface area contributed by atoms with Gasteiger partial charge in [-0.25, -0.2) is 0 Å². The smallest absolute Gasteiger partial charge is 0.219 e. The van der Waals surface area contributed by atoms with Crippen LogP contribution in [0.15, 0.2) is 24.3 Å². The van der Waals surface area contributed by atoms with E-state index in [9.17, 15) is 4.79 Å². The van der Waals surface area contributed by atoms with E-state index in [1.165, 1.54) is 0 Å². The fourth-order valence-electron chi connectivity index (χ4n) is 1.38. The lowest BCUT2D eigenvalue weighted by atomic mass is 10.3. The van der Waals surface area contributed by atoms with E-state index in [1.807, 2.05) is 24.3 Å². The van der Waals surface area contributed by atoms with Crippen LogP contribution in [0, 0.1) is 0 Å². The maximum absolute atomic E-state index is 11.0. The highest BCUT2D eigenvalue weighted by molar-refractivity contribution is 5.75. The molecular weight excluding hydrogens is 232 g/mol. The number of carbonyl (C=O) groups excluding carboxylic acids is 1. The average molecular weight is 252 g/mol. The van der Waals surface area contributed by atoms with Crippen LogP contribution in [-0.4, -0.2) is 32.7 Å². The Morgan fingerprint density at radius 2 is 1.94 bits per heavy atom. The van der Waals surface area contributed by atoms with Crippen molar-refractivity contribution in [2.45, 2.75) is 12.8 Å². The number of hydrogen-bond acceptors (Lipinski definition) is 4. The second-order valence-electron chi connectivity index (χ2n) is 3.74. The first-order chi connectivity index (χ1) is 8.76. The van der Waals surface area contributed by atoms with Gasteiger partial charge in [-0.2, -0.15) is 0 Å². The van der Waals surface area contributed by atoms with Crippen molar-refractivity contribution in [3.05, 3.63) is 24.3 Å². The zero-order valence-corrected chi connectivity index (χ0v) is 10.6. The van der Waals surface area contributed by atoms with Crippen molar-refractivity contribution in [1.82, 2.24) is 5.32 Å². The molecule has 1 aromatic rings. The highest BCUT2D eigenvalue weighted by atomic mass is 16.5. The molecule has 0 atom stereocenters. The Bertz CT molecular complexity index is 369. The first kappa shape index (κ1) is 14.3. The molecule has 1 aromatic carbocycles. The van der Waals surface area contributed by atoms with Crippen LogP contribution in [0.2, 0.25) is 0 Å². The Labute approximate surface area is 107 Å². The van der Waals surface area contributed by atoms with Crippen molar-refractivity contribution in [2.24, 2.45) is 5.73 Å². The summed E-state index contributed by atoms with van der Waals surface area (Å²) in [7, 11) is 1.63. The predicted octanol–water partition coefficient (Wildman–Crippen LogP) is 0.929. The van der Waals surface area contributed by atoms with Gasteiger partial charge in [0, 0.05) is 26.1 Å². The number of nitrogens with two attached hydrogens (primary N) is 1. The summed E-state index contributed by atoms with van der Waals surface area (Å²) in [6, 6.07) is 7.39. The molecule has 5 nitrogen and oxygen atoms in total. The maximum atomic E-state index is 11.0.